The molecule has 0 aliphatic carbocycles. The first-order valence-corrected chi connectivity index (χ1v) is 10.8. The number of hydrogen-bond acceptors (Lipinski definition) is 6. The van der Waals surface area contributed by atoms with Crippen LogP contribution in [-0.4, -0.2) is 57.5 Å². The second kappa shape index (κ2) is 9.01. The number of nitrogens with zero attached hydrogens (tertiary/aromatic N) is 5. The van der Waals surface area contributed by atoms with Gasteiger partial charge in [-0.15, -0.1) is 0 Å². The molecule has 1 saturated heterocycles. The normalized spacial score (nSPS) is 14.7. The summed E-state index contributed by atoms with van der Waals surface area (Å²) >= 11 is 6.39. The lowest BCUT2D eigenvalue weighted by molar-refractivity contribution is 0.0384. The molecule has 0 atom stereocenters. The Balaban J connectivity index is 1.29. The monoisotopic (exact) mass is 434 g/mol. The van der Waals surface area contributed by atoms with Crippen LogP contribution in [0.1, 0.15) is 5.56 Å². The van der Waals surface area contributed by atoms with E-state index >= 15 is 0 Å². The molecule has 0 unspecified atom stereocenters. The third-order valence-corrected chi connectivity index (χ3v) is 5.70. The molecule has 7 nitrogen and oxygen atoms in total. The standard InChI is InChI=1S/C23H23ClN6O/c24-20-16-25-23(28-22(20)30-21-4-2-1-3-18(21)15-26-30)27-19-7-5-17(6-8-19)9-10-29-11-13-31-14-12-29/h1-8,15-16H,9-14H2,(H,25,27,28). The molecule has 0 amide bonds. The van der Waals surface area contributed by atoms with E-state index in [1.54, 1.807) is 17.1 Å². The van der Waals surface area contributed by atoms with Crippen LogP contribution in [0.5, 0.6) is 0 Å². The number of halogens is 1. The molecule has 8 heteroatoms. The molecule has 0 spiro atoms. The Morgan fingerprint density at radius 3 is 2.65 bits per heavy atom. The second-order valence-corrected chi connectivity index (χ2v) is 7.91. The fourth-order valence-corrected chi connectivity index (χ4v) is 3.87. The number of para-hydroxylation sites is 1. The van der Waals surface area contributed by atoms with Crippen LogP contribution in [0.2, 0.25) is 5.02 Å². The first kappa shape index (κ1) is 19.9. The molecule has 1 N–H and O–H groups in total. The highest BCUT2D eigenvalue weighted by atomic mass is 35.5. The van der Waals surface area contributed by atoms with Crippen molar-refractivity contribution in [2.75, 3.05) is 38.2 Å². The molecule has 1 fully saturated rings. The lowest BCUT2D eigenvalue weighted by Gasteiger charge is -2.26. The Hall–Kier alpha value is -3.00. The average molecular weight is 435 g/mol. The summed E-state index contributed by atoms with van der Waals surface area (Å²) in [6.45, 7) is 4.75. The van der Waals surface area contributed by atoms with Crippen molar-refractivity contribution < 1.29 is 4.74 Å². The summed E-state index contributed by atoms with van der Waals surface area (Å²) < 4.78 is 7.14. The molecule has 1 aliphatic heterocycles. The SMILES string of the molecule is Clc1cnc(Nc2ccc(CCN3CCOCC3)cc2)nc1-n1ncc2ccccc21. The highest BCUT2D eigenvalue weighted by Crippen LogP contribution is 2.24. The maximum atomic E-state index is 6.39. The first-order valence-electron chi connectivity index (χ1n) is 10.4. The molecule has 2 aromatic heterocycles. The molecule has 31 heavy (non-hydrogen) atoms. The van der Waals surface area contributed by atoms with Gasteiger partial charge in [0.25, 0.3) is 0 Å². The number of aromatic nitrogens is 4. The van der Waals surface area contributed by atoms with E-state index in [1.165, 1.54) is 5.56 Å². The van der Waals surface area contributed by atoms with E-state index in [9.17, 15) is 0 Å². The average Bonchev–Trinajstić information content (AvgIpc) is 3.25. The summed E-state index contributed by atoms with van der Waals surface area (Å²) in [7, 11) is 0. The van der Waals surface area contributed by atoms with Crippen LogP contribution in [0.15, 0.2) is 60.9 Å². The quantitative estimate of drug-likeness (QED) is 0.493. The zero-order valence-electron chi connectivity index (χ0n) is 17.0. The second-order valence-electron chi connectivity index (χ2n) is 7.51. The van der Waals surface area contributed by atoms with Crippen LogP contribution in [0.3, 0.4) is 0 Å². The number of hydrogen-bond donors (Lipinski definition) is 1. The van der Waals surface area contributed by atoms with Crippen molar-refractivity contribution >= 4 is 34.1 Å². The Morgan fingerprint density at radius 2 is 1.81 bits per heavy atom. The fraction of sp³-hybridized carbons (Fsp3) is 0.261. The Bertz CT molecular complexity index is 1170. The minimum Gasteiger partial charge on any atom is -0.379 e. The van der Waals surface area contributed by atoms with E-state index in [0.717, 1.165) is 55.9 Å². The molecular weight excluding hydrogens is 412 g/mol. The minimum atomic E-state index is 0.442. The smallest absolute Gasteiger partial charge is 0.229 e. The van der Waals surface area contributed by atoms with Gasteiger partial charge in [0.1, 0.15) is 5.02 Å². The number of anilines is 2. The molecule has 3 heterocycles. The Morgan fingerprint density at radius 1 is 1.00 bits per heavy atom. The van der Waals surface area contributed by atoms with Crippen molar-refractivity contribution in [1.82, 2.24) is 24.6 Å². The van der Waals surface area contributed by atoms with Crippen molar-refractivity contribution in [3.8, 4) is 5.82 Å². The van der Waals surface area contributed by atoms with Crippen LogP contribution >= 0.6 is 11.6 Å². The molecule has 0 bridgehead atoms. The summed E-state index contributed by atoms with van der Waals surface area (Å²) in [5.41, 5.74) is 3.17. The van der Waals surface area contributed by atoms with Crippen LogP contribution in [0.4, 0.5) is 11.6 Å². The zero-order valence-corrected chi connectivity index (χ0v) is 17.8. The van der Waals surface area contributed by atoms with Gasteiger partial charge in [0.2, 0.25) is 5.95 Å². The van der Waals surface area contributed by atoms with E-state index in [4.69, 9.17) is 16.3 Å². The van der Waals surface area contributed by atoms with Crippen molar-refractivity contribution in [3.63, 3.8) is 0 Å². The number of ether oxygens (including phenoxy) is 1. The Kier molecular flexibility index (Phi) is 5.80. The van der Waals surface area contributed by atoms with Gasteiger partial charge in [0.15, 0.2) is 5.82 Å². The van der Waals surface area contributed by atoms with E-state index in [-0.39, 0.29) is 0 Å². The zero-order chi connectivity index (χ0) is 21.0. The van der Waals surface area contributed by atoms with Gasteiger partial charge in [-0.2, -0.15) is 10.1 Å². The summed E-state index contributed by atoms with van der Waals surface area (Å²) in [6.07, 6.45) is 4.42. The van der Waals surface area contributed by atoms with Gasteiger partial charge < -0.3 is 10.1 Å². The fourth-order valence-electron chi connectivity index (χ4n) is 3.70. The molecule has 158 valence electrons. The Labute approximate surface area is 185 Å². The molecule has 0 saturated carbocycles. The lowest BCUT2D eigenvalue weighted by atomic mass is 10.1. The maximum Gasteiger partial charge on any atom is 0.229 e. The number of fused-ring (bicyclic) bond motifs is 1. The van der Waals surface area contributed by atoms with Gasteiger partial charge in [-0.3, -0.25) is 4.90 Å². The van der Waals surface area contributed by atoms with E-state index < -0.39 is 0 Å². The van der Waals surface area contributed by atoms with Crippen LogP contribution in [-0.2, 0) is 11.2 Å². The number of morpholine rings is 1. The van der Waals surface area contributed by atoms with Gasteiger partial charge in [0.05, 0.1) is 31.1 Å². The largest absolute Gasteiger partial charge is 0.379 e. The number of nitrogens with one attached hydrogen (secondary N) is 1. The summed E-state index contributed by atoms with van der Waals surface area (Å²) in [4.78, 5) is 11.4. The summed E-state index contributed by atoms with van der Waals surface area (Å²) in [5.74, 6) is 1.02. The van der Waals surface area contributed by atoms with Crippen molar-refractivity contribution in [2.24, 2.45) is 0 Å². The highest BCUT2D eigenvalue weighted by Gasteiger charge is 2.12. The first-order chi connectivity index (χ1) is 15.3. The molecule has 2 aromatic carbocycles. The predicted molar refractivity (Wildman–Crippen MR) is 122 cm³/mol. The highest BCUT2D eigenvalue weighted by molar-refractivity contribution is 6.32. The van der Waals surface area contributed by atoms with Gasteiger partial charge in [-0.05, 0) is 30.2 Å². The number of rotatable bonds is 6. The van der Waals surface area contributed by atoms with Crippen molar-refractivity contribution in [2.45, 2.75) is 6.42 Å². The third kappa shape index (κ3) is 4.54. The van der Waals surface area contributed by atoms with Gasteiger partial charge in [-0.1, -0.05) is 41.9 Å². The van der Waals surface area contributed by atoms with E-state index in [2.05, 4.69) is 49.5 Å². The van der Waals surface area contributed by atoms with Crippen molar-refractivity contribution in [3.05, 3.63) is 71.5 Å². The maximum absolute atomic E-state index is 6.39. The minimum absolute atomic E-state index is 0.442. The van der Waals surface area contributed by atoms with Crippen LogP contribution in [0, 0.1) is 0 Å². The topological polar surface area (TPSA) is 68.1 Å². The molecule has 0 radical (unpaired) electrons. The molecular formula is C23H23ClN6O. The van der Waals surface area contributed by atoms with Gasteiger partial charge in [-0.25, -0.2) is 9.67 Å². The lowest BCUT2D eigenvalue weighted by Crippen LogP contribution is -2.37. The molecule has 1 aliphatic rings. The van der Waals surface area contributed by atoms with Crippen molar-refractivity contribution in [1.29, 1.82) is 0 Å². The van der Waals surface area contributed by atoms with E-state index in [0.29, 0.717) is 16.8 Å². The summed E-state index contributed by atoms with van der Waals surface area (Å²) in [5, 5.41) is 9.18. The number of benzene rings is 2. The molecule has 5 rings (SSSR count). The summed E-state index contributed by atoms with van der Waals surface area (Å²) in [6, 6.07) is 16.3. The van der Waals surface area contributed by atoms with Gasteiger partial charge in [0, 0.05) is 30.7 Å². The third-order valence-electron chi connectivity index (χ3n) is 5.43. The van der Waals surface area contributed by atoms with E-state index in [1.807, 2.05) is 24.3 Å². The van der Waals surface area contributed by atoms with Gasteiger partial charge >= 0.3 is 0 Å². The van der Waals surface area contributed by atoms with Crippen LogP contribution < -0.4 is 5.32 Å². The predicted octanol–water partition coefficient (Wildman–Crippen LogP) is 4.09. The van der Waals surface area contributed by atoms with Crippen LogP contribution in [0.25, 0.3) is 16.7 Å². The molecule has 4 aromatic rings.